The molecule has 1 amide bonds. The molecule has 2 N–H and O–H groups in total. The van der Waals surface area contributed by atoms with Crippen molar-refractivity contribution in [2.75, 3.05) is 17.7 Å². The smallest absolute Gasteiger partial charge is 0.257 e. The van der Waals surface area contributed by atoms with Crippen LogP contribution in [-0.2, 0) is 0 Å². The monoisotopic (exact) mass is 242 g/mol. The SMILES string of the molecule is CNc1cc(C(=O)Nc2ncccc2C)ccn1. The fourth-order valence-electron chi connectivity index (χ4n) is 1.50. The third-order valence-electron chi connectivity index (χ3n) is 2.52. The molecule has 0 spiro atoms. The van der Waals surface area contributed by atoms with Crippen LogP contribution in [0.5, 0.6) is 0 Å². The third-order valence-corrected chi connectivity index (χ3v) is 2.52. The number of anilines is 2. The van der Waals surface area contributed by atoms with Gasteiger partial charge in [-0.15, -0.1) is 0 Å². The summed E-state index contributed by atoms with van der Waals surface area (Å²) in [7, 11) is 1.76. The first-order valence-corrected chi connectivity index (χ1v) is 5.57. The highest BCUT2D eigenvalue weighted by Gasteiger charge is 2.08. The molecule has 0 atom stereocenters. The summed E-state index contributed by atoms with van der Waals surface area (Å²) in [4.78, 5) is 20.2. The number of hydrogen-bond donors (Lipinski definition) is 2. The summed E-state index contributed by atoms with van der Waals surface area (Å²) in [5, 5.41) is 5.66. The molecule has 2 aromatic heterocycles. The lowest BCUT2D eigenvalue weighted by Crippen LogP contribution is -2.14. The first kappa shape index (κ1) is 12.0. The third kappa shape index (κ3) is 2.63. The molecule has 0 saturated heterocycles. The van der Waals surface area contributed by atoms with Gasteiger partial charge in [0.15, 0.2) is 0 Å². The van der Waals surface area contributed by atoms with Crippen molar-refractivity contribution in [1.82, 2.24) is 9.97 Å². The molecule has 0 radical (unpaired) electrons. The molecular weight excluding hydrogens is 228 g/mol. The molecule has 0 unspecified atom stereocenters. The number of nitrogens with one attached hydrogen (secondary N) is 2. The van der Waals surface area contributed by atoms with Crippen molar-refractivity contribution in [1.29, 1.82) is 0 Å². The largest absolute Gasteiger partial charge is 0.373 e. The molecule has 5 heteroatoms. The first-order valence-electron chi connectivity index (χ1n) is 5.57. The molecule has 92 valence electrons. The average Bonchev–Trinajstić information content (AvgIpc) is 2.41. The predicted molar refractivity (Wildman–Crippen MR) is 70.7 cm³/mol. The van der Waals surface area contributed by atoms with Gasteiger partial charge in [0.25, 0.3) is 5.91 Å². The second kappa shape index (κ2) is 5.27. The van der Waals surface area contributed by atoms with Crippen LogP contribution in [0.3, 0.4) is 0 Å². The standard InChI is InChI=1S/C13H14N4O/c1-9-4-3-6-16-12(9)17-13(18)10-5-7-15-11(8-10)14-2/h3-8H,1-2H3,(H,14,15)(H,16,17,18). The van der Waals surface area contributed by atoms with E-state index in [0.29, 0.717) is 17.2 Å². The van der Waals surface area contributed by atoms with Gasteiger partial charge in [0.2, 0.25) is 0 Å². The minimum absolute atomic E-state index is 0.198. The van der Waals surface area contributed by atoms with Crippen molar-refractivity contribution < 1.29 is 4.79 Å². The fraction of sp³-hybridized carbons (Fsp3) is 0.154. The summed E-state index contributed by atoms with van der Waals surface area (Å²) in [6, 6.07) is 7.08. The average molecular weight is 242 g/mol. The maximum Gasteiger partial charge on any atom is 0.257 e. The molecule has 0 saturated carbocycles. The van der Waals surface area contributed by atoms with Crippen LogP contribution in [0.4, 0.5) is 11.6 Å². The highest BCUT2D eigenvalue weighted by Crippen LogP contribution is 2.12. The van der Waals surface area contributed by atoms with Gasteiger partial charge >= 0.3 is 0 Å². The molecule has 0 aromatic carbocycles. The van der Waals surface area contributed by atoms with E-state index in [9.17, 15) is 4.79 Å². The summed E-state index contributed by atoms with van der Waals surface area (Å²) >= 11 is 0. The number of amides is 1. The van der Waals surface area contributed by atoms with Gasteiger partial charge < -0.3 is 10.6 Å². The van der Waals surface area contributed by atoms with E-state index in [1.165, 1.54) is 0 Å². The molecule has 0 aliphatic rings. The number of aryl methyl sites for hydroxylation is 1. The Labute approximate surface area is 105 Å². The zero-order valence-corrected chi connectivity index (χ0v) is 10.3. The molecule has 0 fully saturated rings. The van der Waals surface area contributed by atoms with Gasteiger partial charge in [0.05, 0.1) is 0 Å². The molecule has 0 aliphatic heterocycles. The Hall–Kier alpha value is -2.43. The number of pyridine rings is 2. The van der Waals surface area contributed by atoms with Crippen LogP contribution in [0.1, 0.15) is 15.9 Å². The maximum absolute atomic E-state index is 12.0. The van der Waals surface area contributed by atoms with E-state index in [4.69, 9.17) is 0 Å². The normalized spacial score (nSPS) is 9.89. The highest BCUT2D eigenvalue weighted by molar-refractivity contribution is 6.04. The molecule has 2 aromatic rings. The number of nitrogens with zero attached hydrogens (tertiary/aromatic N) is 2. The first-order chi connectivity index (χ1) is 8.70. The van der Waals surface area contributed by atoms with Crippen LogP contribution in [0.2, 0.25) is 0 Å². The quantitative estimate of drug-likeness (QED) is 0.864. The second-order valence-electron chi connectivity index (χ2n) is 3.80. The summed E-state index contributed by atoms with van der Waals surface area (Å²) in [6.07, 6.45) is 3.24. The van der Waals surface area contributed by atoms with E-state index >= 15 is 0 Å². The van der Waals surface area contributed by atoms with Crippen molar-refractivity contribution in [3.63, 3.8) is 0 Å². The van der Waals surface area contributed by atoms with Gasteiger partial charge in [0.1, 0.15) is 11.6 Å². The lowest BCUT2D eigenvalue weighted by atomic mass is 10.2. The Bertz CT molecular complexity index is 568. The van der Waals surface area contributed by atoms with Gasteiger partial charge in [-0.1, -0.05) is 6.07 Å². The number of carbonyl (C=O) groups excluding carboxylic acids is 1. The number of rotatable bonds is 3. The Kier molecular flexibility index (Phi) is 3.52. The van der Waals surface area contributed by atoms with Crippen molar-refractivity contribution in [3.8, 4) is 0 Å². The lowest BCUT2D eigenvalue weighted by Gasteiger charge is -2.07. The maximum atomic E-state index is 12.0. The molecule has 5 nitrogen and oxygen atoms in total. The Morgan fingerprint density at radius 1 is 1.22 bits per heavy atom. The van der Waals surface area contributed by atoms with Gasteiger partial charge in [-0.05, 0) is 30.7 Å². The van der Waals surface area contributed by atoms with Crippen molar-refractivity contribution >= 4 is 17.5 Å². The Balaban J connectivity index is 2.19. The van der Waals surface area contributed by atoms with Gasteiger partial charge in [-0.3, -0.25) is 4.79 Å². The fourth-order valence-corrected chi connectivity index (χ4v) is 1.50. The van der Waals surface area contributed by atoms with Gasteiger partial charge in [-0.2, -0.15) is 0 Å². The van der Waals surface area contributed by atoms with E-state index in [-0.39, 0.29) is 5.91 Å². The van der Waals surface area contributed by atoms with Crippen LogP contribution in [0, 0.1) is 6.92 Å². The van der Waals surface area contributed by atoms with E-state index in [2.05, 4.69) is 20.6 Å². The Morgan fingerprint density at radius 2 is 2.06 bits per heavy atom. The van der Waals surface area contributed by atoms with Gasteiger partial charge in [0, 0.05) is 25.0 Å². The van der Waals surface area contributed by atoms with Gasteiger partial charge in [-0.25, -0.2) is 9.97 Å². The van der Waals surface area contributed by atoms with Crippen LogP contribution in [0.15, 0.2) is 36.7 Å². The zero-order chi connectivity index (χ0) is 13.0. The summed E-state index contributed by atoms with van der Waals surface area (Å²) < 4.78 is 0. The van der Waals surface area contributed by atoms with Crippen molar-refractivity contribution in [2.45, 2.75) is 6.92 Å². The molecule has 0 aliphatic carbocycles. The lowest BCUT2D eigenvalue weighted by molar-refractivity contribution is 0.102. The van der Waals surface area contributed by atoms with Crippen LogP contribution in [-0.4, -0.2) is 22.9 Å². The zero-order valence-electron chi connectivity index (χ0n) is 10.3. The predicted octanol–water partition coefficient (Wildman–Crippen LogP) is 2.08. The molecule has 2 rings (SSSR count). The molecule has 18 heavy (non-hydrogen) atoms. The van der Waals surface area contributed by atoms with E-state index in [1.54, 1.807) is 31.6 Å². The van der Waals surface area contributed by atoms with E-state index < -0.39 is 0 Å². The highest BCUT2D eigenvalue weighted by atomic mass is 16.1. The van der Waals surface area contributed by atoms with Crippen molar-refractivity contribution in [2.24, 2.45) is 0 Å². The molecule has 2 heterocycles. The van der Waals surface area contributed by atoms with E-state index in [1.807, 2.05) is 19.1 Å². The number of hydrogen-bond acceptors (Lipinski definition) is 4. The summed E-state index contributed by atoms with van der Waals surface area (Å²) in [5.41, 5.74) is 1.47. The van der Waals surface area contributed by atoms with Crippen LogP contribution in [0.25, 0.3) is 0 Å². The van der Waals surface area contributed by atoms with E-state index in [0.717, 1.165) is 5.56 Å². The number of aromatic nitrogens is 2. The summed E-state index contributed by atoms with van der Waals surface area (Å²) in [6.45, 7) is 1.90. The molecular formula is C13H14N4O. The second-order valence-corrected chi connectivity index (χ2v) is 3.80. The topological polar surface area (TPSA) is 66.9 Å². The minimum atomic E-state index is -0.198. The summed E-state index contributed by atoms with van der Waals surface area (Å²) in [5.74, 6) is 1.03. The minimum Gasteiger partial charge on any atom is -0.373 e. The molecule has 0 bridgehead atoms. The van der Waals surface area contributed by atoms with Crippen LogP contribution < -0.4 is 10.6 Å². The Morgan fingerprint density at radius 3 is 2.78 bits per heavy atom. The number of carbonyl (C=O) groups is 1. The van der Waals surface area contributed by atoms with Crippen LogP contribution >= 0.6 is 0 Å². The van der Waals surface area contributed by atoms with Crippen molar-refractivity contribution in [3.05, 3.63) is 47.8 Å².